The van der Waals surface area contributed by atoms with E-state index in [4.69, 9.17) is 4.74 Å². The SMILES string of the molecule is CC(NC1CN2CCC1CC2)c1ccc2c(c1)CCO2. The third-order valence-electron chi connectivity index (χ3n) is 5.33. The normalized spacial score (nSPS) is 32.8. The Kier molecular flexibility index (Phi) is 3.20. The molecule has 0 amide bonds. The van der Waals surface area contributed by atoms with Crippen LogP contribution in [0.1, 0.15) is 36.9 Å². The molecule has 2 unspecified atom stereocenters. The molecule has 5 rings (SSSR count). The number of rotatable bonds is 3. The first-order valence-electron chi connectivity index (χ1n) is 8.03. The Morgan fingerprint density at radius 1 is 1.30 bits per heavy atom. The average Bonchev–Trinajstić information content (AvgIpc) is 2.96. The van der Waals surface area contributed by atoms with E-state index in [1.165, 1.54) is 43.6 Å². The Morgan fingerprint density at radius 2 is 2.15 bits per heavy atom. The first-order valence-corrected chi connectivity index (χ1v) is 8.03. The number of hydrogen-bond acceptors (Lipinski definition) is 3. The molecule has 4 aliphatic rings. The van der Waals surface area contributed by atoms with Gasteiger partial charge in [0.25, 0.3) is 0 Å². The van der Waals surface area contributed by atoms with Gasteiger partial charge in [0.2, 0.25) is 0 Å². The zero-order valence-corrected chi connectivity index (χ0v) is 12.3. The second-order valence-corrected chi connectivity index (χ2v) is 6.60. The molecule has 4 heterocycles. The van der Waals surface area contributed by atoms with E-state index < -0.39 is 0 Å². The van der Waals surface area contributed by atoms with Crippen LogP contribution in [0.15, 0.2) is 18.2 Å². The summed E-state index contributed by atoms with van der Waals surface area (Å²) in [5.41, 5.74) is 2.79. The molecule has 3 fully saturated rings. The molecule has 1 aromatic carbocycles. The number of piperidine rings is 3. The summed E-state index contributed by atoms with van der Waals surface area (Å²) in [6, 6.07) is 7.82. The molecule has 1 N–H and O–H groups in total. The maximum Gasteiger partial charge on any atom is 0.122 e. The lowest BCUT2D eigenvalue weighted by Crippen LogP contribution is -2.56. The molecule has 0 spiro atoms. The van der Waals surface area contributed by atoms with E-state index in [0.29, 0.717) is 12.1 Å². The molecule has 1 aromatic rings. The van der Waals surface area contributed by atoms with Crippen molar-refractivity contribution in [3.63, 3.8) is 0 Å². The topological polar surface area (TPSA) is 24.5 Å². The highest BCUT2D eigenvalue weighted by molar-refractivity contribution is 5.40. The van der Waals surface area contributed by atoms with Gasteiger partial charge < -0.3 is 15.0 Å². The quantitative estimate of drug-likeness (QED) is 0.914. The van der Waals surface area contributed by atoms with E-state index in [0.717, 1.165) is 24.7 Å². The lowest BCUT2D eigenvalue weighted by molar-refractivity contribution is 0.0680. The Balaban J connectivity index is 1.46. The first kappa shape index (κ1) is 12.7. The molecule has 4 aliphatic heterocycles. The molecule has 0 radical (unpaired) electrons. The lowest BCUT2D eigenvalue weighted by Gasteiger charge is -2.46. The number of fused-ring (bicyclic) bond motifs is 4. The molecule has 3 heteroatoms. The highest BCUT2D eigenvalue weighted by atomic mass is 16.5. The van der Waals surface area contributed by atoms with Gasteiger partial charge in [0.05, 0.1) is 6.61 Å². The van der Waals surface area contributed by atoms with Crippen molar-refractivity contribution in [3.8, 4) is 5.75 Å². The molecule has 3 nitrogen and oxygen atoms in total. The molecule has 20 heavy (non-hydrogen) atoms. The standard InChI is InChI=1S/C17H24N2O/c1-12(14-2-3-17-15(10-14)6-9-20-17)18-16-11-19-7-4-13(16)5-8-19/h2-3,10,12-13,16,18H,4-9,11H2,1H3. The summed E-state index contributed by atoms with van der Waals surface area (Å²) < 4.78 is 5.60. The molecule has 0 saturated carbocycles. The predicted octanol–water partition coefficient (Wildman–Crippen LogP) is 2.37. The van der Waals surface area contributed by atoms with Gasteiger partial charge in [0, 0.05) is 25.0 Å². The largest absolute Gasteiger partial charge is 0.493 e. The fraction of sp³-hybridized carbons (Fsp3) is 0.647. The van der Waals surface area contributed by atoms with Gasteiger partial charge in [0.1, 0.15) is 5.75 Å². The summed E-state index contributed by atoms with van der Waals surface area (Å²) in [4.78, 5) is 2.61. The fourth-order valence-electron chi connectivity index (χ4n) is 4.05. The molecule has 108 valence electrons. The lowest BCUT2D eigenvalue weighted by atomic mass is 9.83. The van der Waals surface area contributed by atoms with Crippen molar-refractivity contribution in [1.82, 2.24) is 10.2 Å². The molecular weight excluding hydrogens is 248 g/mol. The van der Waals surface area contributed by atoms with Gasteiger partial charge in [-0.15, -0.1) is 0 Å². The Hall–Kier alpha value is -1.06. The minimum absolute atomic E-state index is 0.437. The van der Waals surface area contributed by atoms with E-state index >= 15 is 0 Å². The van der Waals surface area contributed by atoms with Crippen molar-refractivity contribution >= 4 is 0 Å². The predicted molar refractivity (Wildman–Crippen MR) is 80.1 cm³/mol. The smallest absolute Gasteiger partial charge is 0.122 e. The van der Waals surface area contributed by atoms with E-state index in [1.807, 2.05) is 0 Å². The van der Waals surface area contributed by atoms with E-state index in [2.05, 4.69) is 35.3 Å². The van der Waals surface area contributed by atoms with Gasteiger partial charge >= 0.3 is 0 Å². The van der Waals surface area contributed by atoms with Crippen LogP contribution in [0, 0.1) is 5.92 Å². The van der Waals surface area contributed by atoms with Gasteiger partial charge in [-0.25, -0.2) is 0 Å². The molecule has 0 aliphatic carbocycles. The van der Waals surface area contributed by atoms with Crippen molar-refractivity contribution in [1.29, 1.82) is 0 Å². The van der Waals surface area contributed by atoms with Crippen molar-refractivity contribution < 1.29 is 4.74 Å². The van der Waals surface area contributed by atoms with Gasteiger partial charge in [-0.05, 0) is 56.0 Å². The van der Waals surface area contributed by atoms with Crippen LogP contribution >= 0.6 is 0 Å². The highest BCUT2D eigenvalue weighted by Crippen LogP contribution is 2.31. The number of hydrogen-bond donors (Lipinski definition) is 1. The van der Waals surface area contributed by atoms with Crippen LogP contribution < -0.4 is 10.1 Å². The number of ether oxygens (including phenoxy) is 1. The van der Waals surface area contributed by atoms with Crippen molar-refractivity contribution in [2.24, 2.45) is 5.92 Å². The summed E-state index contributed by atoms with van der Waals surface area (Å²) in [6.45, 7) is 7.01. The summed E-state index contributed by atoms with van der Waals surface area (Å²) in [5, 5.41) is 3.88. The third-order valence-corrected chi connectivity index (χ3v) is 5.33. The maximum absolute atomic E-state index is 5.60. The third kappa shape index (κ3) is 2.23. The van der Waals surface area contributed by atoms with Crippen molar-refractivity contribution in [2.45, 2.75) is 38.3 Å². The number of nitrogens with zero attached hydrogens (tertiary/aromatic N) is 1. The highest BCUT2D eigenvalue weighted by Gasteiger charge is 2.34. The van der Waals surface area contributed by atoms with Gasteiger partial charge in [-0.2, -0.15) is 0 Å². The zero-order chi connectivity index (χ0) is 13.5. The molecule has 2 atom stereocenters. The summed E-state index contributed by atoms with van der Waals surface area (Å²) in [6.07, 6.45) is 3.82. The minimum atomic E-state index is 0.437. The molecule has 2 bridgehead atoms. The first-order chi connectivity index (χ1) is 9.79. The van der Waals surface area contributed by atoms with E-state index in [9.17, 15) is 0 Å². The second kappa shape index (κ2) is 5.05. The number of nitrogens with one attached hydrogen (secondary N) is 1. The Morgan fingerprint density at radius 3 is 2.90 bits per heavy atom. The summed E-state index contributed by atoms with van der Waals surface area (Å²) in [7, 11) is 0. The molecular formula is C17H24N2O. The Bertz CT molecular complexity index is 494. The fourth-order valence-corrected chi connectivity index (χ4v) is 4.05. The summed E-state index contributed by atoms with van der Waals surface area (Å²) in [5.74, 6) is 1.98. The van der Waals surface area contributed by atoms with Crippen molar-refractivity contribution in [2.75, 3.05) is 26.2 Å². The van der Waals surface area contributed by atoms with Crippen LogP contribution in [-0.4, -0.2) is 37.2 Å². The van der Waals surface area contributed by atoms with Crippen molar-refractivity contribution in [3.05, 3.63) is 29.3 Å². The van der Waals surface area contributed by atoms with Crippen LogP contribution in [-0.2, 0) is 6.42 Å². The molecule has 3 saturated heterocycles. The number of benzene rings is 1. The zero-order valence-electron chi connectivity index (χ0n) is 12.3. The minimum Gasteiger partial charge on any atom is -0.493 e. The van der Waals surface area contributed by atoms with Crippen LogP contribution in [0.4, 0.5) is 0 Å². The summed E-state index contributed by atoms with van der Waals surface area (Å²) >= 11 is 0. The monoisotopic (exact) mass is 272 g/mol. The van der Waals surface area contributed by atoms with E-state index in [-0.39, 0.29) is 0 Å². The van der Waals surface area contributed by atoms with Crippen LogP contribution in [0.2, 0.25) is 0 Å². The average molecular weight is 272 g/mol. The maximum atomic E-state index is 5.60. The van der Waals surface area contributed by atoms with Gasteiger partial charge in [-0.1, -0.05) is 12.1 Å². The molecule has 0 aromatic heterocycles. The van der Waals surface area contributed by atoms with Crippen LogP contribution in [0.25, 0.3) is 0 Å². The Labute approximate surface area is 121 Å². The van der Waals surface area contributed by atoms with E-state index in [1.54, 1.807) is 0 Å². The van der Waals surface area contributed by atoms with Gasteiger partial charge in [-0.3, -0.25) is 0 Å². The van der Waals surface area contributed by atoms with Gasteiger partial charge in [0.15, 0.2) is 0 Å². The van der Waals surface area contributed by atoms with Crippen LogP contribution in [0.5, 0.6) is 5.75 Å². The van der Waals surface area contributed by atoms with Crippen LogP contribution in [0.3, 0.4) is 0 Å². The second-order valence-electron chi connectivity index (χ2n) is 6.60.